The molecule has 5 heterocycles. The average Bonchev–Trinajstić information content (AvgIpc) is 4.05. The number of thiophene rings is 2. The number of anilines is 6. The molecular formula is C39H45N13O3S5. The third kappa shape index (κ3) is 9.15. The van der Waals surface area contributed by atoms with Gasteiger partial charge in [0, 0.05) is 44.1 Å². The van der Waals surface area contributed by atoms with Crippen molar-refractivity contribution in [2.45, 2.75) is 46.7 Å². The van der Waals surface area contributed by atoms with Gasteiger partial charge in [-0.2, -0.15) is 23.7 Å². The highest BCUT2D eigenvalue weighted by molar-refractivity contribution is 7.99. The van der Waals surface area contributed by atoms with Crippen molar-refractivity contribution in [3.8, 4) is 11.5 Å². The third-order valence-electron chi connectivity index (χ3n) is 9.50. The first-order chi connectivity index (χ1) is 29.2. The van der Waals surface area contributed by atoms with E-state index in [0.29, 0.717) is 45.2 Å². The summed E-state index contributed by atoms with van der Waals surface area (Å²) in [6.45, 7) is 15.4. The van der Waals surface area contributed by atoms with E-state index in [-0.39, 0.29) is 18.5 Å². The molecule has 314 valence electrons. The maximum absolute atomic E-state index is 9.77. The number of hydrogen-bond acceptors (Lipinski definition) is 21. The number of aliphatic hydroxyl groups is 1. The molecule has 7 rings (SSSR count). The minimum atomic E-state index is -0.0583. The largest absolute Gasteiger partial charge is 0.494 e. The van der Waals surface area contributed by atoms with Crippen LogP contribution in [0.5, 0.6) is 11.5 Å². The van der Waals surface area contributed by atoms with Gasteiger partial charge in [-0.1, -0.05) is 11.8 Å². The number of ether oxygens (including phenoxy) is 2. The molecule has 21 heteroatoms. The number of fused-ring (bicyclic) bond motifs is 2. The van der Waals surface area contributed by atoms with Gasteiger partial charge in [-0.25, -0.2) is 0 Å². The van der Waals surface area contributed by atoms with Crippen molar-refractivity contribution in [3.63, 3.8) is 0 Å². The zero-order valence-corrected chi connectivity index (χ0v) is 38.5. The molecule has 60 heavy (non-hydrogen) atoms. The van der Waals surface area contributed by atoms with Crippen molar-refractivity contribution in [1.29, 1.82) is 0 Å². The minimum absolute atomic E-state index is 0.0583. The molecule has 2 aromatic carbocycles. The first kappa shape index (κ1) is 43.0. The summed E-state index contributed by atoms with van der Waals surface area (Å²) in [5.74, 6) is 2.16. The fraction of sp³-hybridized carbons (Fsp3) is 0.359. The Labute approximate surface area is 368 Å². The van der Waals surface area contributed by atoms with Gasteiger partial charge in [0.15, 0.2) is 15.2 Å². The van der Waals surface area contributed by atoms with Gasteiger partial charge in [0.25, 0.3) is 0 Å². The number of benzene rings is 2. The second kappa shape index (κ2) is 19.5. The van der Waals surface area contributed by atoms with E-state index in [4.69, 9.17) is 34.7 Å². The molecule has 0 amide bonds. The Hall–Kier alpha value is -5.06. The van der Waals surface area contributed by atoms with Crippen LogP contribution in [0.2, 0.25) is 0 Å². The second-order valence-corrected chi connectivity index (χ2v) is 17.4. The van der Waals surface area contributed by atoms with Crippen molar-refractivity contribution in [2.75, 3.05) is 73.2 Å². The van der Waals surface area contributed by atoms with Crippen molar-refractivity contribution in [1.82, 2.24) is 23.7 Å². The topological polar surface area (TPSA) is 183 Å². The predicted molar refractivity (Wildman–Crippen MR) is 250 cm³/mol. The first-order valence-electron chi connectivity index (χ1n) is 19.2. The summed E-state index contributed by atoms with van der Waals surface area (Å²) in [4.78, 5) is 20.7. The molecule has 0 unspecified atom stereocenters. The molecule has 0 bridgehead atoms. The van der Waals surface area contributed by atoms with Crippen LogP contribution >= 0.6 is 57.5 Å². The average molecular weight is 904 g/mol. The highest BCUT2D eigenvalue weighted by Crippen LogP contribution is 2.45. The zero-order chi connectivity index (χ0) is 42.3. The zero-order valence-electron chi connectivity index (χ0n) is 34.4. The van der Waals surface area contributed by atoms with E-state index >= 15 is 0 Å². The highest BCUT2D eigenvalue weighted by Gasteiger charge is 2.20. The number of aryl methyl sites for hydroxylation is 2. The Bertz CT molecular complexity index is 2470. The summed E-state index contributed by atoms with van der Waals surface area (Å²) >= 11 is 7.10. The van der Waals surface area contributed by atoms with Gasteiger partial charge in [0.05, 0.1) is 54.3 Å². The molecule has 0 aliphatic heterocycles. The van der Waals surface area contributed by atoms with Gasteiger partial charge in [-0.3, -0.25) is 0 Å². The highest BCUT2D eigenvalue weighted by atomic mass is 32.2. The Morgan fingerprint density at radius 1 is 0.667 bits per heavy atom. The van der Waals surface area contributed by atoms with Crippen LogP contribution in [0.1, 0.15) is 38.8 Å². The lowest BCUT2D eigenvalue weighted by Crippen LogP contribution is -2.22. The minimum Gasteiger partial charge on any atom is -0.494 e. The summed E-state index contributed by atoms with van der Waals surface area (Å²) in [7, 11) is 3.29. The number of azo groups is 2. The van der Waals surface area contributed by atoms with Gasteiger partial charge in [0.1, 0.15) is 32.5 Å². The van der Waals surface area contributed by atoms with Gasteiger partial charge in [-0.05, 0) is 98.6 Å². The molecule has 0 spiro atoms. The lowest BCUT2D eigenvalue weighted by Gasteiger charge is -2.25. The smallest absolute Gasteiger partial charge is 0.233 e. The van der Waals surface area contributed by atoms with Crippen LogP contribution in [0, 0.1) is 13.8 Å². The predicted octanol–water partition coefficient (Wildman–Crippen LogP) is 11.9. The summed E-state index contributed by atoms with van der Waals surface area (Å²) in [5, 5.41) is 43.5. The molecule has 0 saturated heterocycles. The number of methoxy groups -OCH3 is 2. The number of aliphatic hydroxyl groups excluding tert-OH is 1. The lowest BCUT2D eigenvalue weighted by atomic mass is 10.2. The Kier molecular flexibility index (Phi) is 14.0. The molecule has 5 aromatic heterocycles. The van der Waals surface area contributed by atoms with Crippen molar-refractivity contribution in [3.05, 3.63) is 46.2 Å². The van der Waals surface area contributed by atoms with Crippen LogP contribution < -0.4 is 29.9 Å². The number of aromatic nitrogens is 5. The van der Waals surface area contributed by atoms with Crippen molar-refractivity contribution < 1.29 is 14.6 Å². The van der Waals surface area contributed by atoms with Gasteiger partial charge in [-0.15, -0.1) is 43.1 Å². The normalized spacial score (nSPS) is 11.8. The second-order valence-electron chi connectivity index (χ2n) is 13.1. The summed E-state index contributed by atoms with van der Waals surface area (Å²) < 4.78 is 20.9. The van der Waals surface area contributed by atoms with E-state index in [2.05, 4.69) is 77.9 Å². The van der Waals surface area contributed by atoms with Crippen LogP contribution in [-0.4, -0.2) is 81.6 Å². The Morgan fingerprint density at radius 2 is 1.12 bits per heavy atom. The lowest BCUT2D eigenvalue weighted by molar-refractivity contribution is 0.322. The number of thioether (sulfide) groups is 1. The molecule has 0 fully saturated rings. The summed E-state index contributed by atoms with van der Waals surface area (Å²) in [5.41, 5.74) is 6.17. The molecule has 7 aromatic rings. The maximum atomic E-state index is 9.77. The monoisotopic (exact) mass is 903 g/mol. The molecule has 0 atom stereocenters. The Morgan fingerprint density at radius 3 is 1.52 bits per heavy atom. The van der Waals surface area contributed by atoms with Crippen LogP contribution in [0.25, 0.3) is 20.4 Å². The van der Waals surface area contributed by atoms with Gasteiger partial charge in [0.2, 0.25) is 11.9 Å². The quantitative estimate of drug-likeness (QED) is 0.0515. The van der Waals surface area contributed by atoms with Gasteiger partial charge >= 0.3 is 0 Å². The fourth-order valence-electron chi connectivity index (χ4n) is 6.45. The third-order valence-corrected chi connectivity index (χ3v) is 14.0. The number of hydrogen-bond donors (Lipinski definition) is 3. The van der Waals surface area contributed by atoms with E-state index in [1.165, 1.54) is 34.8 Å². The van der Waals surface area contributed by atoms with Crippen LogP contribution in [0.4, 0.5) is 56.0 Å². The van der Waals surface area contributed by atoms with Gasteiger partial charge < -0.3 is 35.0 Å². The SMILES string of the molecule is CCN(CC)c1cc(Nc2nc(Nc3cc(N(CC)CC)c(OC)cc3/N=N/c3snc4scc(C)c34)nc(SCCO)n2)c(/N=N/c2snc3scc(C)c23)cc1OC. The molecule has 0 aliphatic rings. The maximum Gasteiger partial charge on any atom is 0.233 e. The molecule has 3 N–H and O–H groups in total. The molecule has 0 aliphatic carbocycles. The van der Waals surface area contributed by atoms with E-state index in [1.807, 2.05) is 38.1 Å². The van der Waals surface area contributed by atoms with Crippen LogP contribution in [0.3, 0.4) is 0 Å². The van der Waals surface area contributed by atoms with Crippen molar-refractivity contribution >= 4 is 134 Å². The van der Waals surface area contributed by atoms with Crippen LogP contribution in [-0.2, 0) is 0 Å². The van der Waals surface area contributed by atoms with E-state index in [1.54, 1.807) is 36.9 Å². The molecule has 0 radical (unpaired) electrons. The summed E-state index contributed by atoms with van der Waals surface area (Å²) in [6, 6.07) is 7.66. The fourth-order valence-corrected chi connectivity index (χ4v) is 10.7. The van der Waals surface area contributed by atoms with E-state index < -0.39 is 0 Å². The number of nitrogens with one attached hydrogen (secondary N) is 2. The standard InChI is InChI=1S/C39H45N13O3S5/c1-9-51(10-2)27-15-23(25(17-29(27)54-7)45-47-33-31-21(5)19-57-35(31)49-59-33)40-37-42-38(44-39(43-37)56-14-13-53)41-24-16-28(52(11-3)12-4)30(55-8)18-26(24)46-48-34-32-22(6)20-58-36(32)50-60-34/h15-20,53H,9-14H2,1-8H3,(H2,40,41,42,43,44)/b47-45+,48-46+. The van der Waals surface area contributed by atoms with E-state index in [0.717, 1.165) is 79.1 Å². The molecule has 0 saturated carbocycles. The summed E-state index contributed by atoms with van der Waals surface area (Å²) in [6.07, 6.45) is 0. The Balaban J connectivity index is 1.32. The van der Waals surface area contributed by atoms with E-state index in [9.17, 15) is 5.11 Å². The van der Waals surface area contributed by atoms with Crippen molar-refractivity contribution in [2.24, 2.45) is 20.5 Å². The number of rotatable bonds is 19. The molecule has 16 nitrogen and oxygen atoms in total. The number of nitrogens with zero attached hydrogens (tertiary/aromatic N) is 11. The van der Waals surface area contributed by atoms with Crippen LogP contribution in [0.15, 0.2) is 60.6 Å². The first-order valence-corrected chi connectivity index (χ1v) is 23.5. The molecular weight excluding hydrogens is 859 g/mol.